The number of thiocarbonyl (C=S) groups is 2. The monoisotopic (exact) mass is 236 g/mol. The van der Waals surface area contributed by atoms with Crippen LogP contribution in [0.15, 0.2) is 24.3 Å². The van der Waals surface area contributed by atoms with Gasteiger partial charge in [-0.1, -0.05) is 36.6 Å². The van der Waals surface area contributed by atoms with E-state index in [4.69, 9.17) is 24.4 Å². The fourth-order valence-electron chi connectivity index (χ4n) is 1.67. The first-order valence-electron chi connectivity index (χ1n) is 4.73. The zero-order chi connectivity index (χ0) is 11.0. The smallest absolute Gasteiger partial charge is 0.0890 e. The Morgan fingerprint density at radius 1 is 0.933 bits per heavy atom. The molecule has 1 aromatic rings. The van der Waals surface area contributed by atoms with Crippen molar-refractivity contribution in [2.45, 2.75) is 6.42 Å². The molecular formula is C11H12N2S2. The second-order valence-electron chi connectivity index (χ2n) is 3.57. The van der Waals surface area contributed by atoms with Gasteiger partial charge in [-0.2, -0.15) is 0 Å². The molecule has 0 saturated heterocycles. The van der Waals surface area contributed by atoms with E-state index in [9.17, 15) is 0 Å². The van der Waals surface area contributed by atoms with Gasteiger partial charge >= 0.3 is 0 Å². The summed E-state index contributed by atoms with van der Waals surface area (Å²) in [5, 5.41) is 0. The Balaban J connectivity index is 2.59. The largest absolute Gasteiger partial charge is 0.337 e. The number of hydrogen-bond donors (Lipinski definition) is 0. The molecule has 4 heteroatoms. The zero-order valence-electron chi connectivity index (χ0n) is 8.73. The van der Waals surface area contributed by atoms with Crippen LogP contribution in [0.2, 0.25) is 0 Å². The lowest BCUT2D eigenvalue weighted by Crippen LogP contribution is -2.26. The molecule has 0 radical (unpaired) electrons. The van der Waals surface area contributed by atoms with Crippen LogP contribution in [0.4, 0.5) is 11.4 Å². The third-order valence-electron chi connectivity index (χ3n) is 2.66. The number of benzene rings is 1. The number of para-hydroxylation sites is 2. The molecule has 0 bridgehead atoms. The van der Waals surface area contributed by atoms with Crippen LogP contribution in [-0.4, -0.2) is 24.1 Å². The molecule has 2 rings (SSSR count). The van der Waals surface area contributed by atoms with Gasteiger partial charge < -0.3 is 9.80 Å². The van der Waals surface area contributed by atoms with Crippen LogP contribution >= 0.6 is 24.4 Å². The Morgan fingerprint density at radius 2 is 1.33 bits per heavy atom. The lowest BCUT2D eigenvalue weighted by atomic mass is 10.2. The van der Waals surface area contributed by atoms with Crippen LogP contribution < -0.4 is 9.80 Å². The fourth-order valence-corrected chi connectivity index (χ4v) is 2.23. The molecule has 0 saturated carbocycles. The van der Waals surface area contributed by atoms with Crippen LogP contribution in [0.1, 0.15) is 6.42 Å². The van der Waals surface area contributed by atoms with E-state index in [-0.39, 0.29) is 0 Å². The summed E-state index contributed by atoms with van der Waals surface area (Å²) >= 11 is 10.7. The molecule has 0 unspecified atom stereocenters. The highest BCUT2D eigenvalue weighted by Crippen LogP contribution is 2.31. The molecule has 0 amide bonds. The second-order valence-corrected chi connectivity index (χ2v) is 4.51. The summed E-state index contributed by atoms with van der Waals surface area (Å²) in [6.07, 6.45) is 0.673. The van der Waals surface area contributed by atoms with E-state index >= 15 is 0 Å². The Hall–Kier alpha value is -1.00. The predicted octanol–water partition coefficient (Wildman–Crippen LogP) is 2.62. The standard InChI is InChI=1S/C11H12N2S2/c1-12-8-5-3-4-6-9(8)13(2)11(15)7-10(12)14/h3-6H,7H2,1-2H3. The van der Waals surface area contributed by atoms with Crippen molar-refractivity contribution in [1.29, 1.82) is 0 Å². The molecule has 0 fully saturated rings. The van der Waals surface area contributed by atoms with E-state index in [2.05, 4.69) is 12.1 Å². The summed E-state index contributed by atoms with van der Waals surface area (Å²) in [7, 11) is 3.98. The van der Waals surface area contributed by atoms with Gasteiger partial charge in [0, 0.05) is 20.5 Å². The normalized spacial score (nSPS) is 16.4. The average Bonchev–Trinajstić information content (AvgIpc) is 2.33. The van der Waals surface area contributed by atoms with Gasteiger partial charge in [-0.25, -0.2) is 0 Å². The van der Waals surface area contributed by atoms with Gasteiger partial charge in [0.1, 0.15) is 0 Å². The lowest BCUT2D eigenvalue weighted by molar-refractivity contribution is 1.25. The van der Waals surface area contributed by atoms with Gasteiger partial charge in [-0.05, 0) is 12.1 Å². The second kappa shape index (κ2) is 3.87. The average molecular weight is 236 g/mol. The van der Waals surface area contributed by atoms with Crippen LogP contribution in [0.5, 0.6) is 0 Å². The maximum absolute atomic E-state index is 5.33. The first-order valence-corrected chi connectivity index (χ1v) is 5.55. The molecule has 0 atom stereocenters. The summed E-state index contributed by atoms with van der Waals surface area (Å²) in [6, 6.07) is 8.15. The van der Waals surface area contributed by atoms with Crippen molar-refractivity contribution in [3.63, 3.8) is 0 Å². The number of fused-ring (bicyclic) bond motifs is 1. The Kier molecular flexibility index (Phi) is 2.71. The molecule has 0 N–H and O–H groups in total. The van der Waals surface area contributed by atoms with E-state index in [1.807, 2.05) is 36.0 Å². The van der Waals surface area contributed by atoms with Gasteiger partial charge in [-0.15, -0.1) is 0 Å². The molecular weight excluding hydrogens is 224 g/mol. The minimum Gasteiger partial charge on any atom is -0.337 e. The van der Waals surface area contributed by atoms with E-state index in [1.54, 1.807) is 0 Å². The number of nitrogens with zero attached hydrogens (tertiary/aromatic N) is 2. The summed E-state index contributed by atoms with van der Waals surface area (Å²) in [5.74, 6) is 0. The summed E-state index contributed by atoms with van der Waals surface area (Å²) in [5.41, 5.74) is 2.23. The van der Waals surface area contributed by atoms with Crippen molar-refractivity contribution in [2.75, 3.05) is 23.9 Å². The molecule has 1 heterocycles. The number of hydrogen-bond acceptors (Lipinski definition) is 2. The van der Waals surface area contributed by atoms with Crippen LogP contribution in [0, 0.1) is 0 Å². The Labute approximate surface area is 100 Å². The molecule has 1 aliphatic heterocycles. The molecule has 0 aromatic heterocycles. The quantitative estimate of drug-likeness (QED) is 0.639. The fraction of sp³-hybridized carbons (Fsp3) is 0.273. The first-order chi connectivity index (χ1) is 7.11. The highest BCUT2D eigenvalue weighted by molar-refractivity contribution is 7.82. The van der Waals surface area contributed by atoms with Crippen molar-refractivity contribution in [1.82, 2.24) is 0 Å². The molecule has 0 spiro atoms. The third kappa shape index (κ3) is 1.75. The lowest BCUT2D eigenvalue weighted by Gasteiger charge is -2.21. The summed E-state index contributed by atoms with van der Waals surface area (Å²) in [6.45, 7) is 0. The van der Waals surface area contributed by atoms with E-state index < -0.39 is 0 Å². The maximum Gasteiger partial charge on any atom is 0.0890 e. The molecule has 1 aliphatic rings. The van der Waals surface area contributed by atoms with Gasteiger partial charge in [0.15, 0.2) is 0 Å². The highest BCUT2D eigenvalue weighted by atomic mass is 32.1. The topological polar surface area (TPSA) is 6.48 Å². The van der Waals surface area contributed by atoms with Gasteiger partial charge in [0.2, 0.25) is 0 Å². The Bertz CT molecular complexity index is 389. The van der Waals surface area contributed by atoms with Gasteiger partial charge in [0.05, 0.1) is 21.4 Å². The van der Waals surface area contributed by atoms with Gasteiger partial charge in [-0.3, -0.25) is 0 Å². The summed E-state index contributed by atoms with van der Waals surface area (Å²) in [4.78, 5) is 5.80. The predicted molar refractivity (Wildman–Crippen MR) is 73.1 cm³/mol. The third-order valence-corrected chi connectivity index (χ3v) is 3.49. The van der Waals surface area contributed by atoms with Crippen molar-refractivity contribution in [3.05, 3.63) is 24.3 Å². The van der Waals surface area contributed by atoms with Crippen molar-refractivity contribution in [2.24, 2.45) is 0 Å². The maximum atomic E-state index is 5.33. The van der Waals surface area contributed by atoms with Crippen LogP contribution in [-0.2, 0) is 0 Å². The minimum atomic E-state index is 0.673. The number of anilines is 2. The molecule has 15 heavy (non-hydrogen) atoms. The number of rotatable bonds is 0. The van der Waals surface area contributed by atoms with Crippen LogP contribution in [0.25, 0.3) is 0 Å². The first kappa shape index (κ1) is 10.5. The SMILES string of the molecule is CN1C(=S)CC(=S)N(C)c2ccccc21. The highest BCUT2D eigenvalue weighted by Gasteiger charge is 2.21. The van der Waals surface area contributed by atoms with E-state index in [0.29, 0.717) is 6.42 Å². The van der Waals surface area contributed by atoms with E-state index in [0.717, 1.165) is 21.4 Å². The van der Waals surface area contributed by atoms with Crippen LogP contribution in [0.3, 0.4) is 0 Å². The van der Waals surface area contributed by atoms with Crippen molar-refractivity contribution in [3.8, 4) is 0 Å². The zero-order valence-corrected chi connectivity index (χ0v) is 10.4. The minimum absolute atomic E-state index is 0.673. The van der Waals surface area contributed by atoms with Crippen molar-refractivity contribution >= 4 is 45.8 Å². The summed E-state index contributed by atoms with van der Waals surface area (Å²) < 4.78 is 0. The molecule has 0 aliphatic carbocycles. The molecule has 78 valence electrons. The molecule has 2 nitrogen and oxygen atoms in total. The Morgan fingerprint density at radius 3 is 1.73 bits per heavy atom. The van der Waals surface area contributed by atoms with E-state index in [1.165, 1.54) is 0 Å². The van der Waals surface area contributed by atoms with Gasteiger partial charge in [0.25, 0.3) is 0 Å². The van der Waals surface area contributed by atoms with Crippen molar-refractivity contribution < 1.29 is 0 Å². The molecule has 1 aromatic carbocycles.